The Bertz CT molecular complexity index is 2480. The van der Waals surface area contributed by atoms with Gasteiger partial charge in [-0.15, -0.1) is 0 Å². The number of carbonyl (C=O) groups excluding carboxylic acids is 4. The van der Waals surface area contributed by atoms with Crippen molar-refractivity contribution in [3.05, 3.63) is 143 Å². The number of esters is 4. The maximum absolute atomic E-state index is 13.3. The number of carbonyl (C=O) groups is 4. The Morgan fingerprint density at radius 3 is 1.14 bits per heavy atom. The second kappa shape index (κ2) is 23.1. The topological polar surface area (TPSA) is 189 Å². The molecule has 6 aromatic heterocycles. The second-order valence-corrected chi connectivity index (χ2v) is 16.0. The predicted octanol–water partition coefficient (Wildman–Crippen LogP) is 7.43. The standard InChI is InChI=1S/C50H54N8O8/c1-7-63-47(60)43-16-10-13-40(54-43)37-22-19-34(27-51-37)30-57(31-35-20-23-38(52-28-35)41-14-11-17-44(55-41)48(61)64-8-2)25-26-58(33-46(59)66-50(4,5)6)32-36-21-24-39(53-29-36)42-15-12-18-45(56-42)49(62)65-9-3/h10-24,27-29H,7-9,25-26,30-33H2,1-6H3. The molecular weight excluding hydrogens is 841 g/mol. The van der Waals surface area contributed by atoms with E-state index in [0.717, 1.165) is 16.7 Å². The van der Waals surface area contributed by atoms with Gasteiger partial charge in [0.1, 0.15) is 22.7 Å². The average Bonchev–Trinajstić information content (AvgIpc) is 3.31. The van der Waals surface area contributed by atoms with Crippen LogP contribution in [-0.4, -0.2) is 109 Å². The second-order valence-electron chi connectivity index (χ2n) is 16.0. The lowest BCUT2D eigenvalue weighted by Gasteiger charge is -2.28. The first-order valence-corrected chi connectivity index (χ1v) is 21.8. The summed E-state index contributed by atoms with van der Waals surface area (Å²) in [5.74, 6) is -1.87. The van der Waals surface area contributed by atoms with Gasteiger partial charge in [-0.2, -0.15) is 0 Å². The zero-order chi connectivity index (χ0) is 47.1. The fraction of sp³-hybridized carbons (Fsp3) is 0.320. The zero-order valence-corrected chi connectivity index (χ0v) is 38.1. The Kier molecular flexibility index (Phi) is 16.8. The first kappa shape index (κ1) is 48.2. The summed E-state index contributed by atoms with van der Waals surface area (Å²) in [5.41, 5.74) is 6.02. The van der Waals surface area contributed by atoms with Crippen LogP contribution in [0.25, 0.3) is 34.2 Å². The molecule has 0 amide bonds. The summed E-state index contributed by atoms with van der Waals surface area (Å²) in [4.78, 5) is 82.1. The molecule has 16 nitrogen and oxygen atoms in total. The summed E-state index contributed by atoms with van der Waals surface area (Å²) >= 11 is 0. The lowest BCUT2D eigenvalue weighted by atomic mass is 10.1. The van der Waals surface area contributed by atoms with E-state index in [-0.39, 0.29) is 49.4 Å². The van der Waals surface area contributed by atoms with Gasteiger partial charge in [0, 0.05) is 51.3 Å². The largest absolute Gasteiger partial charge is 0.461 e. The third-order valence-corrected chi connectivity index (χ3v) is 9.69. The van der Waals surface area contributed by atoms with E-state index in [9.17, 15) is 19.2 Å². The van der Waals surface area contributed by atoms with Gasteiger partial charge in [0.25, 0.3) is 0 Å². The minimum atomic E-state index is -0.674. The smallest absolute Gasteiger partial charge is 0.356 e. The molecule has 66 heavy (non-hydrogen) atoms. The average molecular weight is 895 g/mol. The molecule has 0 aliphatic carbocycles. The van der Waals surface area contributed by atoms with Crippen LogP contribution in [-0.2, 0) is 43.4 Å². The van der Waals surface area contributed by atoms with Gasteiger partial charge in [-0.1, -0.05) is 36.4 Å². The highest BCUT2D eigenvalue weighted by atomic mass is 16.6. The van der Waals surface area contributed by atoms with Crippen molar-refractivity contribution in [1.82, 2.24) is 39.7 Å². The summed E-state index contributed by atoms with van der Waals surface area (Å²) in [5, 5.41) is 0. The molecule has 0 bridgehead atoms. The molecule has 0 aromatic carbocycles. The molecular formula is C50H54N8O8. The quantitative estimate of drug-likeness (QED) is 0.0543. The van der Waals surface area contributed by atoms with E-state index in [4.69, 9.17) is 28.9 Å². The van der Waals surface area contributed by atoms with Crippen LogP contribution in [0.4, 0.5) is 0 Å². The van der Waals surface area contributed by atoms with Crippen molar-refractivity contribution in [2.75, 3.05) is 39.5 Å². The van der Waals surface area contributed by atoms with Gasteiger partial charge in [0.2, 0.25) is 0 Å². The van der Waals surface area contributed by atoms with Crippen molar-refractivity contribution in [2.24, 2.45) is 0 Å². The van der Waals surface area contributed by atoms with Crippen molar-refractivity contribution < 1.29 is 38.1 Å². The molecule has 0 saturated heterocycles. The SMILES string of the molecule is CCOC(=O)c1cccc(-c2ccc(CN(CCN(Cc3ccc(-c4cccc(C(=O)OCC)n4)nc3)Cc3ccc(-c4cccc(C(=O)OCC)n4)nc3)CC(=O)OC(C)(C)C)cn2)n1. The molecule has 0 unspecified atom stereocenters. The van der Waals surface area contributed by atoms with Crippen LogP contribution in [0.3, 0.4) is 0 Å². The fourth-order valence-corrected chi connectivity index (χ4v) is 6.74. The summed E-state index contributed by atoms with van der Waals surface area (Å²) < 4.78 is 21.1. The molecule has 0 aliphatic heterocycles. The molecule has 6 heterocycles. The van der Waals surface area contributed by atoms with E-state index in [1.807, 2.05) is 62.1 Å². The minimum absolute atomic E-state index is 0.0260. The molecule has 0 atom stereocenters. The molecule has 16 heteroatoms. The number of pyridine rings is 6. The van der Waals surface area contributed by atoms with Gasteiger partial charge in [0.05, 0.1) is 60.5 Å². The number of aromatic nitrogens is 6. The van der Waals surface area contributed by atoms with Crippen LogP contribution in [0.15, 0.2) is 110 Å². The van der Waals surface area contributed by atoms with Gasteiger partial charge in [-0.05, 0) is 113 Å². The Hall–Kier alpha value is -7.30. The Balaban J connectivity index is 1.24. The number of rotatable bonds is 20. The van der Waals surface area contributed by atoms with E-state index in [2.05, 4.69) is 24.8 Å². The van der Waals surface area contributed by atoms with Crippen LogP contribution >= 0.6 is 0 Å². The highest BCUT2D eigenvalue weighted by molar-refractivity contribution is 5.89. The van der Waals surface area contributed by atoms with Crippen molar-refractivity contribution in [3.8, 4) is 34.2 Å². The van der Waals surface area contributed by atoms with Crippen molar-refractivity contribution >= 4 is 23.9 Å². The Morgan fingerprint density at radius 1 is 0.470 bits per heavy atom. The molecule has 0 radical (unpaired) electrons. The van der Waals surface area contributed by atoms with E-state index >= 15 is 0 Å². The number of hydrogen-bond acceptors (Lipinski definition) is 16. The van der Waals surface area contributed by atoms with E-state index in [1.54, 1.807) is 94.0 Å². The van der Waals surface area contributed by atoms with Crippen LogP contribution in [0.2, 0.25) is 0 Å². The van der Waals surface area contributed by atoms with E-state index < -0.39 is 23.5 Å². The van der Waals surface area contributed by atoms with Crippen molar-refractivity contribution in [2.45, 2.75) is 66.8 Å². The molecule has 0 N–H and O–H groups in total. The molecule has 0 fully saturated rings. The van der Waals surface area contributed by atoms with E-state index in [0.29, 0.717) is 66.9 Å². The molecule has 6 aromatic rings. The Labute approximate surface area is 384 Å². The van der Waals surface area contributed by atoms with Crippen molar-refractivity contribution in [3.63, 3.8) is 0 Å². The van der Waals surface area contributed by atoms with Gasteiger partial charge < -0.3 is 18.9 Å². The monoisotopic (exact) mass is 894 g/mol. The number of hydrogen-bond donors (Lipinski definition) is 0. The minimum Gasteiger partial charge on any atom is -0.461 e. The van der Waals surface area contributed by atoms with Gasteiger partial charge in [-0.25, -0.2) is 29.3 Å². The highest BCUT2D eigenvalue weighted by Crippen LogP contribution is 2.21. The summed E-state index contributed by atoms with van der Waals surface area (Å²) in [7, 11) is 0. The lowest BCUT2D eigenvalue weighted by molar-refractivity contribution is -0.156. The zero-order valence-electron chi connectivity index (χ0n) is 38.1. The first-order valence-electron chi connectivity index (χ1n) is 21.8. The van der Waals surface area contributed by atoms with Crippen LogP contribution in [0, 0.1) is 0 Å². The molecule has 342 valence electrons. The summed E-state index contributed by atoms with van der Waals surface area (Å²) in [6, 6.07) is 26.8. The van der Waals surface area contributed by atoms with Crippen molar-refractivity contribution in [1.29, 1.82) is 0 Å². The molecule has 0 aliphatic rings. The third kappa shape index (κ3) is 14.1. The van der Waals surface area contributed by atoms with Crippen LogP contribution < -0.4 is 0 Å². The highest BCUT2D eigenvalue weighted by Gasteiger charge is 2.21. The summed E-state index contributed by atoms with van der Waals surface area (Å²) in [6.07, 6.45) is 5.31. The molecule has 6 rings (SSSR count). The Morgan fingerprint density at radius 2 is 0.818 bits per heavy atom. The summed E-state index contributed by atoms with van der Waals surface area (Å²) in [6.45, 7) is 13.9. The molecule has 0 spiro atoms. The maximum Gasteiger partial charge on any atom is 0.356 e. The normalized spacial score (nSPS) is 11.3. The van der Waals surface area contributed by atoms with Gasteiger partial charge in [-0.3, -0.25) is 29.5 Å². The first-order chi connectivity index (χ1) is 31.8. The maximum atomic E-state index is 13.3. The van der Waals surface area contributed by atoms with E-state index in [1.165, 1.54) is 0 Å². The van der Waals surface area contributed by atoms with Crippen LogP contribution in [0.5, 0.6) is 0 Å². The van der Waals surface area contributed by atoms with Gasteiger partial charge >= 0.3 is 23.9 Å². The fourth-order valence-electron chi connectivity index (χ4n) is 6.74. The lowest BCUT2D eigenvalue weighted by Crippen LogP contribution is -2.39. The van der Waals surface area contributed by atoms with Gasteiger partial charge in [0.15, 0.2) is 0 Å². The van der Waals surface area contributed by atoms with Crippen LogP contribution in [0.1, 0.15) is 89.7 Å². The molecule has 0 saturated carbocycles. The number of ether oxygens (including phenoxy) is 4. The third-order valence-electron chi connectivity index (χ3n) is 9.69. The predicted molar refractivity (Wildman–Crippen MR) is 246 cm³/mol. The number of nitrogens with zero attached hydrogens (tertiary/aromatic N) is 8.